The number of rotatable bonds is 4. The molecule has 0 spiro atoms. The standard InChI is InChI=1S/C14H16N2O2/c1-2-5-12(6-3-1)16-10-14(9-15-16)18-11-13-7-4-8-17-13/h1-3,5-6,9-10,13H,4,7-8,11H2. The van der Waals surface area contributed by atoms with E-state index in [2.05, 4.69) is 5.10 Å². The van der Waals surface area contributed by atoms with Gasteiger partial charge in [0.1, 0.15) is 6.61 Å². The third-order valence-corrected chi connectivity index (χ3v) is 3.04. The van der Waals surface area contributed by atoms with Crippen molar-refractivity contribution in [3.05, 3.63) is 42.7 Å². The zero-order valence-electron chi connectivity index (χ0n) is 10.2. The van der Waals surface area contributed by atoms with E-state index in [1.54, 1.807) is 6.20 Å². The summed E-state index contributed by atoms with van der Waals surface area (Å²) in [5.74, 6) is 0.786. The molecule has 0 aliphatic carbocycles. The van der Waals surface area contributed by atoms with Crippen molar-refractivity contribution in [2.24, 2.45) is 0 Å². The molecule has 0 radical (unpaired) electrons. The Hall–Kier alpha value is -1.81. The van der Waals surface area contributed by atoms with Crippen molar-refractivity contribution in [2.75, 3.05) is 13.2 Å². The minimum absolute atomic E-state index is 0.241. The van der Waals surface area contributed by atoms with Crippen LogP contribution in [0.3, 0.4) is 0 Å². The van der Waals surface area contributed by atoms with Crippen LogP contribution in [0, 0.1) is 0 Å². The minimum atomic E-state index is 0.241. The number of hydrogen-bond acceptors (Lipinski definition) is 3. The van der Waals surface area contributed by atoms with E-state index < -0.39 is 0 Å². The van der Waals surface area contributed by atoms with Crippen molar-refractivity contribution in [1.82, 2.24) is 9.78 Å². The van der Waals surface area contributed by atoms with E-state index in [9.17, 15) is 0 Å². The van der Waals surface area contributed by atoms with Gasteiger partial charge in [-0.2, -0.15) is 5.10 Å². The van der Waals surface area contributed by atoms with Gasteiger partial charge in [-0.3, -0.25) is 0 Å². The third-order valence-electron chi connectivity index (χ3n) is 3.04. The van der Waals surface area contributed by atoms with Crippen LogP contribution in [-0.4, -0.2) is 29.1 Å². The number of hydrogen-bond donors (Lipinski definition) is 0. The molecule has 0 saturated carbocycles. The van der Waals surface area contributed by atoms with Gasteiger partial charge in [-0.1, -0.05) is 18.2 Å². The smallest absolute Gasteiger partial charge is 0.157 e. The van der Waals surface area contributed by atoms with E-state index in [4.69, 9.17) is 9.47 Å². The first-order chi connectivity index (χ1) is 8.92. The predicted molar refractivity (Wildman–Crippen MR) is 68.0 cm³/mol. The molecule has 1 unspecified atom stereocenters. The molecule has 0 amide bonds. The van der Waals surface area contributed by atoms with Gasteiger partial charge in [0.25, 0.3) is 0 Å². The monoisotopic (exact) mass is 244 g/mol. The summed E-state index contributed by atoms with van der Waals surface area (Å²) in [5.41, 5.74) is 1.03. The summed E-state index contributed by atoms with van der Waals surface area (Å²) in [6.45, 7) is 1.47. The molecule has 4 nitrogen and oxygen atoms in total. The summed E-state index contributed by atoms with van der Waals surface area (Å²) in [7, 11) is 0. The summed E-state index contributed by atoms with van der Waals surface area (Å²) in [5, 5.41) is 4.28. The quantitative estimate of drug-likeness (QED) is 0.828. The Kier molecular flexibility index (Phi) is 3.28. The van der Waals surface area contributed by atoms with Crippen molar-refractivity contribution < 1.29 is 9.47 Å². The van der Waals surface area contributed by atoms with Crippen LogP contribution in [-0.2, 0) is 4.74 Å². The first-order valence-corrected chi connectivity index (χ1v) is 6.26. The lowest BCUT2D eigenvalue weighted by Gasteiger charge is -2.09. The molecule has 0 bridgehead atoms. The van der Waals surface area contributed by atoms with Gasteiger partial charge in [0.15, 0.2) is 5.75 Å². The highest BCUT2D eigenvalue weighted by molar-refractivity contribution is 5.32. The number of aromatic nitrogens is 2. The Morgan fingerprint density at radius 1 is 1.33 bits per heavy atom. The highest BCUT2D eigenvalue weighted by atomic mass is 16.5. The second-order valence-corrected chi connectivity index (χ2v) is 4.40. The van der Waals surface area contributed by atoms with E-state index >= 15 is 0 Å². The van der Waals surface area contributed by atoms with Crippen molar-refractivity contribution >= 4 is 0 Å². The molecule has 1 aromatic heterocycles. The third kappa shape index (κ3) is 2.54. The van der Waals surface area contributed by atoms with E-state index in [0.717, 1.165) is 30.9 Å². The van der Waals surface area contributed by atoms with Gasteiger partial charge in [-0.15, -0.1) is 0 Å². The normalized spacial score (nSPS) is 19.0. The second kappa shape index (κ2) is 5.23. The lowest BCUT2D eigenvalue weighted by molar-refractivity contribution is 0.0679. The molecule has 94 valence electrons. The van der Waals surface area contributed by atoms with Gasteiger partial charge in [-0.05, 0) is 25.0 Å². The second-order valence-electron chi connectivity index (χ2n) is 4.40. The Balaban J connectivity index is 1.63. The summed E-state index contributed by atoms with van der Waals surface area (Å²) in [4.78, 5) is 0. The topological polar surface area (TPSA) is 36.3 Å². The van der Waals surface area contributed by atoms with Crippen LogP contribution in [0.4, 0.5) is 0 Å². The molecule has 2 heterocycles. The average molecular weight is 244 g/mol. The fourth-order valence-corrected chi connectivity index (χ4v) is 2.07. The van der Waals surface area contributed by atoms with Crippen LogP contribution < -0.4 is 4.74 Å². The van der Waals surface area contributed by atoms with Gasteiger partial charge < -0.3 is 9.47 Å². The molecule has 1 saturated heterocycles. The molecule has 1 aliphatic heterocycles. The molecule has 1 aliphatic rings. The van der Waals surface area contributed by atoms with Crippen molar-refractivity contribution in [2.45, 2.75) is 18.9 Å². The van der Waals surface area contributed by atoms with Crippen LogP contribution >= 0.6 is 0 Å². The highest BCUT2D eigenvalue weighted by Crippen LogP contribution is 2.16. The van der Waals surface area contributed by atoms with Gasteiger partial charge in [-0.25, -0.2) is 4.68 Å². The molecule has 0 N–H and O–H groups in total. The number of benzene rings is 1. The predicted octanol–water partition coefficient (Wildman–Crippen LogP) is 2.43. The largest absolute Gasteiger partial charge is 0.488 e. The zero-order chi connectivity index (χ0) is 12.2. The maximum absolute atomic E-state index is 5.68. The average Bonchev–Trinajstić information content (AvgIpc) is 3.09. The van der Waals surface area contributed by atoms with Crippen molar-refractivity contribution in [3.8, 4) is 11.4 Å². The van der Waals surface area contributed by atoms with Crippen LogP contribution in [0.25, 0.3) is 5.69 Å². The summed E-state index contributed by atoms with van der Waals surface area (Å²) < 4.78 is 13.0. The summed E-state index contributed by atoms with van der Waals surface area (Å²) >= 11 is 0. The Morgan fingerprint density at radius 3 is 3.00 bits per heavy atom. The minimum Gasteiger partial charge on any atom is -0.488 e. The van der Waals surface area contributed by atoms with E-state index in [1.807, 2.05) is 41.2 Å². The lowest BCUT2D eigenvalue weighted by Crippen LogP contribution is -2.15. The molecule has 4 heteroatoms. The number of nitrogens with zero attached hydrogens (tertiary/aromatic N) is 2. The van der Waals surface area contributed by atoms with E-state index in [-0.39, 0.29) is 6.10 Å². The maximum atomic E-state index is 5.68. The van der Waals surface area contributed by atoms with Crippen LogP contribution in [0.15, 0.2) is 42.7 Å². The van der Waals surface area contributed by atoms with E-state index in [1.165, 1.54) is 0 Å². The Bertz CT molecular complexity index is 490. The molecule has 3 rings (SSSR count). The first kappa shape index (κ1) is 11.3. The molecule has 18 heavy (non-hydrogen) atoms. The van der Waals surface area contributed by atoms with Gasteiger partial charge in [0.05, 0.1) is 24.2 Å². The fraction of sp³-hybridized carbons (Fsp3) is 0.357. The molecule has 2 aromatic rings. The Labute approximate surface area is 106 Å². The van der Waals surface area contributed by atoms with Crippen LogP contribution in [0.2, 0.25) is 0 Å². The fourth-order valence-electron chi connectivity index (χ4n) is 2.07. The van der Waals surface area contributed by atoms with E-state index in [0.29, 0.717) is 6.61 Å². The number of ether oxygens (including phenoxy) is 2. The van der Waals surface area contributed by atoms with Crippen LogP contribution in [0.1, 0.15) is 12.8 Å². The highest BCUT2D eigenvalue weighted by Gasteiger charge is 2.16. The van der Waals surface area contributed by atoms with Crippen LogP contribution in [0.5, 0.6) is 5.75 Å². The Morgan fingerprint density at radius 2 is 2.22 bits per heavy atom. The molecular formula is C14H16N2O2. The van der Waals surface area contributed by atoms with Gasteiger partial charge >= 0.3 is 0 Å². The number of para-hydroxylation sites is 1. The van der Waals surface area contributed by atoms with Crippen molar-refractivity contribution in [3.63, 3.8) is 0 Å². The summed E-state index contributed by atoms with van der Waals surface area (Å²) in [6, 6.07) is 9.99. The van der Waals surface area contributed by atoms with Gasteiger partial charge in [0, 0.05) is 6.61 Å². The molecule has 1 atom stereocenters. The lowest BCUT2D eigenvalue weighted by atomic mass is 10.2. The SMILES string of the molecule is c1ccc(-n2cc(OCC3CCCO3)cn2)cc1. The first-order valence-electron chi connectivity index (χ1n) is 6.26. The molecule has 1 fully saturated rings. The summed E-state index contributed by atoms with van der Waals surface area (Å²) in [6.07, 6.45) is 6.10. The maximum Gasteiger partial charge on any atom is 0.157 e. The zero-order valence-corrected chi connectivity index (χ0v) is 10.2. The molecular weight excluding hydrogens is 228 g/mol. The molecule has 1 aromatic carbocycles. The van der Waals surface area contributed by atoms with Gasteiger partial charge in [0.2, 0.25) is 0 Å². The van der Waals surface area contributed by atoms with Crippen molar-refractivity contribution in [1.29, 1.82) is 0 Å².